The molecular formula is C13H18F2N2. The lowest BCUT2D eigenvalue weighted by Gasteiger charge is -2.14. The van der Waals surface area contributed by atoms with E-state index in [1.54, 1.807) is 0 Å². The number of nitrogens with one attached hydrogen (secondary N) is 1. The van der Waals surface area contributed by atoms with Crippen LogP contribution in [0, 0.1) is 23.5 Å². The van der Waals surface area contributed by atoms with E-state index in [1.807, 2.05) is 0 Å². The maximum Gasteiger partial charge on any atom is 0.151 e. The van der Waals surface area contributed by atoms with Crippen LogP contribution in [-0.4, -0.2) is 6.54 Å². The largest absolute Gasteiger partial charge is 0.395 e. The molecule has 1 aromatic carbocycles. The van der Waals surface area contributed by atoms with Crippen molar-refractivity contribution in [2.75, 3.05) is 17.6 Å². The number of rotatable bonds is 3. The van der Waals surface area contributed by atoms with Gasteiger partial charge in [-0.25, -0.2) is 8.78 Å². The number of nitrogens with two attached hydrogens (primary N) is 1. The number of halogens is 2. The highest BCUT2D eigenvalue weighted by atomic mass is 19.1. The average Bonchev–Trinajstić information content (AvgIpc) is 2.67. The molecule has 0 radical (unpaired) electrons. The van der Waals surface area contributed by atoms with Crippen molar-refractivity contribution in [2.45, 2.75) is 26.2 Å². The molecule has 17 heavy (non-hydrogen) atoms. The van der Waals surface area contributed by atoms with Crippen LogP contribution in [0.25, 0.3) is 0 Å². The van der Waals surface area contributed by atoms with Crippen molar-refractivity contribution in [2.24, 2.45) is 11.8 Å². The SMILES string of the molecule is CC1CCC(CNc2cc(F)cc(F)c2N)C1. The van der Waals surface area contributed by atoms with Gasteiger partial charge in [0.05, 0.1) is 11.4 Å². The smallest absolute Gasteiger partial charge is 0.151 e. The molecule has 1 aliphatic carbocycles. The van der Waals surface area contributed by atoms with Crippen LogP contribution in [-0.2, 0) is 0 Å². The van der Waals surface area contributed by atoms with Gasteiger partial charge in [0.1, 0.15) is 5.82 Å². The molecule has 0 aliphatic heterocycles. The van der Waals surface area contributed by atoms with Crippen molar-refractivity contribution >= 4 is 11.4 Å². The summed E-state index contributed by atoms with van der Waals surface area (Å²) in [5.74, 6) is 0.0328. The Morgan fingerprint density at radius 2 is 2.12 bits per heavy atom. The van der Waals surface area contributed by atoms with Gasteiger partial charge in [0.2, 0.25) is 0 Å². The molecule has 0 saturated heterocycles. The molecule has 2 rings (SSSR count). The molecule has 0 aromatic heterocycles. The van der Waals surface area contributed by atoms with E-state index in [0.717, 1.165) is 18.5 Å². The lowest BCUT2D eigenvalue weighted by atomic mass is 10.1. The van der Waals surface area contributed by atoms with Crippen LogP contribution in [0.15, 0.2) is 12.1 Å². The van der Waals surface area contributed by atoms with Crippen LogP contribution in [0.2, 0.25) is 0 Å². The summed E-state index contributed by atoms with van der Waals surface area (Å²) < 4.78 is 26.2. The minimum Gasteiger partial charge on any atom is -0.395 e. The van der Waals surface area contributed by atoms with E-state index < -0.39 is 11.6 Å². The van der Waals surface area contributed by atoms with Gasteiger partial charge in [-0.05, 0) is 30.7 Å². The normalized spacial score (nSPS) is 23.9. The zero-order valence-electron chi connectivity index (χ0n) is 9.97. The first kappa shape index (κ1) is 12.1. The van der Waals surface area contributed by atoms with Crippen molar-refractivity contribution in [3.63, 3.8) is 0 Å². The van der Waals surface area contributed by atoms with Gasteiger partial charge in [-0.1, -0.05) is 13.3 Å². The lowest BCUT2D eigenvalue weighted by Crippen LogP contribution is -2.13. The predicted octanol–water partition coefficient (Wildman–Crippen LogP) is 3.40. The molecule has 4 heteroatoms. The quantitative estimate of drug-likeness (QED) is 0.795. The molecule has 2 unspecified atom stereocenters. The highest BCUT2D eigenvalue weighted by molar-refractivity contribution is 5.66. The topological polar surface area (TPSA) is 38.0 Å². The van der Waals surface area contributed by atoms with Crippen LogP contribution in [0.3, 0.4) is 0 Å². The summed E-state index contributed by atoms with van der Waals surface area (Å²) in [6.45, 7) is 2.97. The van der Waals surface area contributed by atoms with E-state index >= 15 is 0 Å². The molecule has 2 nitrogen and oxygen atoms in total. The Kier molecular flexibility index (Phi) is 3.50. The fraction of sp³-hybridized carbons (Fsp3) is 0.538. The van der Waals surface area contributed by atoms with Gasteiger partial charge in [0.15, 0.2) is 5.82 Å². The van der Waals surface area contributed by atoms with Gasteiger partial charge in [-0.2, -0.15) is 0 Å². The summed E-state index contributed by atoms with van der Waals surface area (Å²) in [5, 5.41) is 3.05. The number of hydrogen-bond acceptors (Lipinski definition) is 2. The zero-order chi connectivity index (χ0) is 12.4. The van der Waals surface area contributed by atoms with Crippen LogP contribution < -0.4 is 11.1 Å². The highest BCUT2D eigenvalue weighted by Gasteiger charge is 2.21. The number of nitrogen functional groups attached to an aromatic ring is 1. The summed E-state index contributed by atoms with van der Waals surface area (Å²) in [6.07, 6.45) is 3.58. The molecule has 0 bridgehead atoms. The van der Waals surface area contributed by atoms with E-state index in [1.165, 1.54) is 25.3 Å². The fourth-order valence-electron chi connectivity index (χ4n) is 2.50. The van der Waals surface area contributed by atoms with Crippen LogP contribution in [0.1, 0.15) is 26.2 Å². The van der Waals surface area contributed by atoms with E-state index in [9.17, 15) is 8.78 Å². The van der Waals surface area contributed by atoms with Crippen molar-refractivity contribution in [1.29, 1.82) is 0 Å². The summed E-state index contributed by atoms with van der Waals surface area (Å²) >= 11 is 0. The molecule has 1 saturated carbocycles. The second-order valence-electron chi connectivity index (χ2n) is 5.01. The van der Waals surface area contributed by atoms with Gasteiger partial charge >= 0.3 is 0 Å². The maximum absolute atomic E-state index is 13.2. The van der Waals surface area contributed by atoms with Gasteiger partial charge in [0, 0.05) is 12.6 Å². The average molecular weight is 240 g/mol. The molecule has 1 aliphatic rings. The van der Waals surface area contributed by atoms with Crippen molar-refractivity contribution in [1.82, 2.24) is 0 Å². The second kappa shape index (κ2) is 4.90. The number of hydrogen-bond donors (Lipinski definition) is 2. The van der Waals surface area contributed by atoms with E-state index in [4.69, 9.17) is 5.73 Å². The molecular weight excluding hydrogens is 222 g/mol. The van der Waals surface area contributed by atoms with Crippen molar-refractivity contribution in [3.05, 3.63) is 23.8 Å². The molecule has 1 aromatic rings. The van der Waals surface area contributed by atoms with Crippen LogP contribution >= 0.6 is 0 Å². The van der Waals surface area contributed by atoms with Crippen LogP contribution in [0.5, 0.6) is 0 Å². The lowest BCUT2D eigenvalue weighted by molar-refractivity contribution is 0.536. The summed E-state index contributed by atoms with van der Waals surface area (Å²) in [6, 6.07) is 2.05. The fourth-order valence-corrected chi connectivity index (χ4v) is 2.50. The molecule has 3 N–H and O–H groups in total. The second-order valence-corrected chi connectivity index (χ2v) is 5.01. The van der Waals surface area contributed by atoms with Crippen molar-refractivity contribution < 1.29 is 8.78 Å². The van der Waals surface area contributed by atoms with E-state index in [2.05, 4.69) is 12.2 Å². The monoisotopic (exact) mass is 240 g/mol. The molecule has 0 heterocycles. The predicted molar refractivity (Wildman–Crippen MR) is 65.8 cm³/mol. The summed E-state index contributed by atoms with van der Waals surface area (Å²) in [4.78, 5) is 0. The third-order valence-electron chi connectivity index (χ3n) is 3.48. The number of benzene rings is 1. The Balaban J connectivity index is 1.99. The minimum absolute atomic E-state index is 0.00237. The number of anilines is 2. The standard InChI is InChI=1S/C13H18F2N2/c1-8-2-3-9(4-8)7-17-12-6-10(14)5-11(15)13(12)16/h5-6,8-9,17H,2-4,7,16H2,1H3. The Morgan fingerprint density at radius 1 is 1.35 bits per heavy atom. The van der Waals surface area contributed by atoms with Crippen molar-refractivity contribution in [3.8, 4) is 0 Å². The molecule has 2 atom stereocenters. The van der Waals surface area contributed by atoms with Gasteiger partial charge in [0.25, 0.3) is 0 Å². The molecule has 0 spiro atoms. The van der Waals surface area contributed by atoms with E-state index in [-0.39, 0.29) is 5.69 Å². The van der Waals surface area contributed by atoms with Gasteiger partial charge < -0.3 is 11.1 Å². The molecule has 94 valence electrons. The Bertz CT molecular complexity index is 407. The molecule has 0 amide bonds. The first-order chi connectivity index (χ1) is 8.06. The summed E-state index contributed by atoms with van der Waals surface area (Å²) in [7, 11) is 0. The highest BCUT2D eigenvalue weighted by Crippen LogP contribution is 2.31. The maximum atomic E-state index is 13.2. The third kappa shape index (κ3) is 2.87. The Morgan fingerprint density at radius 3 is 2.76 bits per heavy atom. The minimum atomic E-state index is -0.702. The van der Waals surface area contributed by atoms with Gasteiger partial charge in [-0.15, -0.1) is 0 Å². The first-order valence-corrected chi connectivity index (χ1v) is 6.04. The Labute approximate surface area is 100 Å². The summed E-state index contributed by atoms with van der Waals surface area (Å²) in [5.41, 5.74) is 5.92. The third-order valence-corrected chi connectivity index (χ3v) is 3.48. The Hall–Kier alpha value is -1.32. The van der Waals surface area contributed by atoms with Crippen LogP contribution in [0.4, 0.5) is 20.2 Å². The molecule has 1 fully saturated rings. The van der Waals surface area contributed by atoms with E-state index in [0.29, 0.717) is 11.6 Å². The first-order valence-electron chi connectivity index (χ1n) is 6.04. The van der Waals surface area contributed by atoms with Gasteiger partial charge in [-0.3, -0.25) is 0 Å². The zero-order valence-corrected chi connectivity index (χ0v) is 9.97.